The molecule has 1 aromatic carbocycles. The number of benzene rings is 1. The highest BCUT2D eigenvalue weighted by Crippen LogP contribution is 2.28. The Morgan fingerprint density at radius 3 is 2.67 bits per heavy atom. The highest BCUT2D eigenvalue weighted by molar-refractivity contribution is 7.16. The second-order valence-corrected chi connectivity index (χ2v) is 6.15. The van der Waals surface area contributed by atoms with Crippen LogP contribution in [0.3, 0.4) is 0 Å². The molecule has 96 valence electrons. The van der Waals surface area contributed by atoms with E-state index in [1.807, 2.05) is 6.07 Å². The molecule has 0 aliphatic heterocycles. The van der Waals surface area contributed by atoms with Gasteiger partial charge in [-0.2, -0.15) is 0 Å². The number of aryl methyl sites for hydroxylation is 1. The predicted octanol–water partition coefficient (Wildman–Crippen LogP) is 3.81. The largest absolute Gasteiger partial charge is 0.369 e. The summed E-state index contributed by atoms with van der Waals surface area (Å²) < 4.78 is 0.835. The summed E-state index contributed by atoms with van der Waals surface area (Å²) in [5.41, 5.74) is 9.47. The highest BCUT2D eigenvalue weighted by atomic mass is 35.5. The molecular weight excluding hydrogens is 264 g/mol. The van der Waals surface area contributed by atoms with E-state index < -0.39 is 0 Å². The van der Waals surface area contributed by atoms with Crippen LogP contribution in [0.4, 0.5) is 5.69 Å². The van der Waals surface area contributed by atoms with Crippen molar-refractivity contribution in [2.24, 2.45) is 5.73 Å². The van der Waals surface area contributed by atoms with Gasteiger partial charge in [0, 0.05) is 24.2 Å². The van der Waals surface area contributed by atoms with Crippen molar-refractivity contribution in [2.45, 2.75) is 20.0 Å². The summed E-state index contributed by atoms with van der Waals surface area (Å²) in [6.45, 7) is 3.54. The average Bonchev–Trinajstić information content (AvgIpc) is 2.74. The molecule has 0 aliphatic carbocycles. The fourth-order valence-corrected chi connectivity index (χ4v) is 3.32. The number of nitrogens with zero attached hydrogens (tertiary/aromatic N) is 1. The molecule has 1 aromatic heterocycles. The summed E-state index contributed by atoms with van der Waals surface area (Å²) in [7, 11) is 2.09. The third-order valence-electron chi connectivity index (χ3n) is 2.94. The van der Waals surface area contributed by atoms with Crippen molar-refractivity contribution in [1.82, 2.24) is 0 Å². The average molecular weight is 281 g/mol. The second-order valence-electron chi connectivity index (χ2n) is 4.35. The summed E-state index contributed by atoms with van der Waals surface area (Å²) in [4.78, 5) is 3.49. The molecule has 4 heteroatoms. The topological polar surface area (TPSA) is 29.3 Å². The van der Waals surface area contributed by atoms with Gasteiger partial charge in [0.15, 0.2) is 0 Å². The molecule has 0 atom stereocenters. The SMILES string of the molecule is Cc1cccc(CN)c1N(C)Cc1ccc(Cl)s1. The van der Waals surface area contributed by atoms with Gasteiger partial charge in [0.25, 0.3) is 0 Å². The van der Waals surface area contributed by atoms with E-state index in [2.05, 4.69) is 43.1 Å². The smallest absolute Gasteiger partial charge is 0.0931 e. The van der Waals surface area contributed by atoms with Crippen LogP contribution in [0.1, 0.15) is 16.0 Å². The van der Waals surface area contributed by atoms with Gasteiger partial charge in [-0.15, -0.1) is 11.3 Å². The van der Waals surface area contributed by atoms with E-state index in [4.69, 9.17) is 17.3 Å². The number of thiophene rings is 1. The van der Waals surface area contributed by atoms with Gasteiger partial charge < -0.3 is 10.6 Å². The molecule has 0 spiro atoms. The van der Waals surface area contributed by atoms with Crippen molar-refractivity contribution in [3.63, 3.8) is 0 Å². The Balaban J connectivity index is 2.25. The number of para-hydroxylation sites is 1. The normalized spacial score (nSPS) is 10.7. The fraction of sp³-hybridized carbons (Fsp3) is 0.286. The molecular formula is C14H17ClN2S. The van der Waals surface area contributed by atoms with Gasteiger partial charge in [0.2, 0.25) is 0 Å². The first-order valence-electron chi connectivity index (χ1n) is 5.85. The molecule has 0 saturated heterocycles. The van der Waals surface area contributed by atoms with Crippen LogP contribution in [0.25, 0.3) is 0 Å². The number of halogens is 1. The number of anilines is 1. The van der Waals surface area contributed by atoms with Crippen LogP contribution in [0, 0.1) is 6.92 Å². The van der Waals surface area contributed by atoms with Crippen LogP contribution in [0.15, 0.2) is 30.3 Å². The minimum atomic E-state index is 0.562. The first-order valence-corrected chi connectivity index (χ1v) is 7.05. The molecule has 1 heterocycles. The molecule has 0 unspecified atom stereocenters. The van der Waals surface area contributed by atoms with Crippen LogP contribution < -0.4 is 10.6 Å². The maximum absolute atomic E-state index is 5.96. The lowest BCUT2D eigenvalue weighted by Gasteiger charge is -2.23. The Bertz CT molecular complexity index is 536. The van der Waals surface area contributed by atoms with Crippen LogP contribution in [-0.2, 0) is 13.1 Å². The Morgan fingerprint density at radius 1 is 1.28 bits per heavy atom. The molecule has 0 saturated carbocycles. The lowest BCUT2D eigenvalue weighted by Crippen LogP contribution is -2.19. The zero-order valence-electron chi connectivity index (χ0n) is 10.6. The molecule has 0 amide bonds. The van der Waals surface area contributed by atoms with E-state index in [1.54, 1.807) is 11.3 Å². The highest BCUT2D eigenvalue weighted by Gasteiger charge is 2.10. The van der Waals surface area contributed by atoms with E-state index in [1.165, 1.54) is 21.7 Å². The zero-order valence-corrected chi connectivity index (χ0v) is 12.2. The third-order valence-corrected chi connectivity index (χ3v) is 4.16. The fourth-order valence-electron chi connectivity index (χ4n) is 2.18. The van der Waals surface area contributed by atoms with Crippen molar-refractivity contribution < 1.29 is 0 Å². The van der Waals surface area contributed by atoms with Crippen molar-refractivity contribution in [1.29, 1.82) is 0 Å². The van der Waals surface area contributed by atoms with Crippen LogP contribution in [0.5, 0.6) is 0 Å². The summed E-state index contributed by atoms with van der Waals surface area (Å²) in [6.07, 6.45) is 0. The maximum Gasteiger partial charge on any atom is 0.0931 e. The molecule has 2 N–H and O–H groups in total. The molecule has 2 rings (SSSR count). The lowest BCUT2D eigenvalue weighted by atomic mass is 10.1. The Morgan fingerprint density at radius 2 is 2.06 bits per heavy atom. The zero-order chi connectivity index (χ0) is 13.1. The molecule has 0 aliphatic rings. The van der Waals surface area contributed by atoms with Crippen LogP contribution >= 0.6 is 22.9 Å². The first-order chi connectivity index (χ1) is 8.61. The summed E-state index contributed by atoms with van der Waals surface area (Å²) in [6, 6.07) is 10.3. The van der Waals surface area contributed by atoms with Crippen molar-refractivity contribution in [3.05, 3.63) is 50.7 Å². The van der Waals surface area contributed by atoms with Gasteiger partial charge in [0.05, 0.1) is 10.9 Å². The maximum atomic E-state index is 5.96. The monoisotopic (exact) mass is 280 g/mol. The molecule has 0 fully saturated rings. The van der Waals surface area contributed by atoms with Gasteiger partial charge in [-0.1, -0.05) is 29.8 Å². The molecule has 2 nitrogen and oxygen atoms in total. The van der Waals surface area contributed by atoms with Gasteiger partial charge >= 0.3 is 0 Å². The van der Waals surface area contributed by atoms with E-state index >= 15 is 0 Å². The van der Waals surface area contributed by atoms with Gasteiger partial charge in [0.1, 0.15) is 0 Å². The van der Waals surface area contributed by atoms with E-state index in [0.29, 0.717) is 6.54 Å². The van der Waals surface area contributed by atoms with Gasteiger partial charge in [-0.3, -0.25) is 0 Å². The summed E-state index contributed by atoms with van der Waals surface area (Å²) >= 11 is 7.58. The van der Waals surface area contributed by atoms with Gasteiger partial charge in [-0.05, 0) is 30.2 Å². The summed E-state index contributed by atoms with van der Waals surface area (Å²) in [5.74, 6) is 0. The predicted molar refractivity (Wildman–Crippen MR) is 80.5 cm³/mol. The Labute approximate surface area is 117 Å². The standard InChI is InChI=1S/C14H17ClN2S/c1-10-4-3-5-11(8-16)14(10)17(2)9-12-6-7-13(15)18-12/h3-7H,8-9,16H2,1-2H3. The Kier molecular flexibility index (Phi) is 4.27. The quantitative estimate of drug-likeness (QED) is 0.923. The number of rotatable bonds is 4. The number of nitrogens with two attached hydrogens (primary N) is 1. The lowest BCUT2D eigenvalue weighted by molar-refractivity contribution is 0.911. The van der Waals surface area contributed by atoms with Crippen molar-refractivity contribution >= 4 is 28.6 Å². The van der Waals surface area contributed by atoms with Crippen molar-refractivity contribution in [3.8, 4) is 0 Å². The first kappa shape index (κ1) is 13.4. The van der Waals surface area contributed by atoms with E-state index in [0.717, 1.165) is 10.9 Å². The number of hydrogen-bond donors (Lipinski definition) is 1. The van der Waals surface area contributed by atoms with Crippen LogP contribution in [0.2, 0.25) is 4.34 Å². The summed E-state index contributed by atoms with van der Waals surface area (Å²) in [5, 5.41) is 0. The van der Waals surface area contributed by atoms with E-state index in [9.17, 15) is 0 Å². The number of hydrogen-bond acceptors (Lipinski definition) is 3. The van der Waals surface area contributed by atoms with Gasteiger partial charge in [-0.25, -0.2) is 0 Å². The minimum absolute atomic E-state index is 0.562. The minimum Gasteiger partial charge on any atom is -0.369 e. The Hall–Kier alpha value is -1.03. The van der Waals surface area contributed by atoms with Crippen molar-refractivity contribution in [2.75, 3.05) is 11.9 Å². The second kappa shape index (κ2) is 5.74. The molecule has 18 heavy (non-hydrogen) atoms. The van der Waals surface area contributed by atoms with E-state index in [-0.39, 0.29) is 0 Å². The molecule has 0 radical (unpaired) electrons. The third kappa shape index (κ3) is 2.86. The molecule has 0 bridgehead atoms. The molecule has 2 aromatic rings. The van der Waals surface area contributed by atoms with Crippen LogP contribution in [-0.4, -0.2) is 7.05 Å².